The first-order valence-corrected chi connectivity index (χ1v) is 5.93. The summed E-state index contributed by atoms with van der Waals surface area (Å²) in [6.45, 7) is 0. The van der Waals surface area contributed by atoms with Crippen LogP contribution in [0.3, 0.4) is 0 Å². The minimum Gasteiger partial charge on any atom is -0.326 e. The van der Waals surface area contributed by atoms with Gasteiger partial charge in [-0.3, -0.25) is 4.79 Å². The van der Waals surface area contributed by atoms with E-state index in [1.54, 1.807) is 5.38 Å². The van der Waals surface area contributed by atoms with Crippen molar-refractivity contribution >= 4 is 22.9 Å². The van der Waals surface area contributed by atoms with Crippen LogP contribution in [0.2, 0.25) is 0 Å². The van der Waals surface area contributed by atoms with E-state index in [4.69, 9.17) is 5.26 Å². The van der Waals surface area contributed by atoms with E-state index in [9.17, 15) is 4.79 Å². The van der Waals surface area contributed by atoms with Crippen molar-refractivity contribution in [2.45, 2.75) is 6.42 Å². The highest BCUT2D eigenvalue weighted by molar-refractivity contribution is 7.13. The number of anilines is 1. The van der Waals surface area contributed by atoms with Crippen LogP contribution in [0.4, 0.5) is 5.69 Å². The third kappa shape index (κ3) is 1.69. The van der Waals surface area contributed by atoms with Gasteiger partial charge < -0.3 is 5.32 Å². The number of nitriles is 1. The van der Waals surface area contributed by atoms with Gasteiger partial charge in [0.2, 0.25) is 5.91 Å². The van der Waals surface area contributed by atoms with Crippen LogP contribution in [0.15, 0.2) is 23.6 Å². The van der Waals surface area contributed by atoms with Crippen LogP contribution < -0.4 is 5.32 Å². The number of fused-ring (bicyclic) bond motifs is 1. The van der Waals surface area contributed by atoms with Crippen molar-refractivity contribution in [1.82, 2.24) is 4.98 Å². The predicted octanol–water partition coefficient (Wildman–Crippen LogP) is 2.18. The first-order chi connectivity index (χ1) is 8.26. The van der Waals surface area contributed by atoms with Gasteiger partial charge >= 0.3 is 0 Å². The van der Waals surface area contributed by atoms with Crippen LogP contribution in [0, 0.1) is 11.3 Å². The van der Waals surface area contributed by atoms with Gasteiger partial charge in [0.25, 0.3) is 0 Å². The zero-order chi connectivity index (χ0) is 11.8. The van der Waals surface area contributed by atoms with E-state index in [2.05, 4.69) is 10.3 Å². The number of rotatable bonds is 1. The van der Waals surface area contributed by atoms with Crippen LogP contribution in [-0.2, 0) is 11.2 Å². The van der Waals surface area contributed by atoms with Crippen LogP contribution in [0.1, 0.15) is 11.3 Å². The molecule has 3 rings (SSSR count). The Morgan fingerprint density at radius 3 is 3.12 bits per heavy atom. The quantitative estimate of drug-likeness (QED) is 0.832. The molecule has 0 saturated heterocycles. The molecule has 0 aliphatic carbocycles. The highest BCUT2D eigenvalue weighted by atomic mass is 32.1. The lowest BCUT2D eigenvalue weighted by Crippen LogP contribution is -2.03. The van der Waals surface area contributed by atoms with Crippen molar-refractivity contribution in [3.8, 4) is 16.6 Å². The number of nitrogens with one attached hydrogen (secondary N) is 1. The van der Waals surface area contributed by atoms with E-state index < -0.39 is 0 Å². The van der Waals surface area contributed by atoms with Crippen molar-refractivity contribution < 1.29 is 4.79 Å². The average molecular weight is 241 g/mol. The van der Waals surface area contributed by atoms with Crippen LogP contribution in [0.5, 0.6) is 0 Å². The molecule has 17 heavy (non-hydrogen) atoms. The summed E-state index contributed by atoms with van der Waals surface area (Å²) in [5, 5.41) is 14.0. The van der Waals surface area contributed by atoms with E-state index in [1.807, 2.05) is 24.3 Å². The fraction of sp³-hybridized carbons (Fsp3) is 0.0833. The summed E-state index contributed by atoms with van der Waals surface area (Å²) in [6, 6.07) is 7.75. The smallest absolute Gasteiger partial charge is 0.228 e. The van der Waals surface area contributed by atoms with Crippen molar-refractivity contribution in [2.75, 3.05) is 5.32 Å². The molecule has 5 heteroatoms. The monoisotopic (exact) mass is 241 g/mol. The molecule has 0 radical (unpaired) electrons. The minimum atomic E-state index is 0.0222. The molecule has 2 heterocycles. The number of aromatic nitrogens is 1. The molecule has 0 spiro atoms. The molecule has 1 aliphatic rings. The zero-order valence-corrected chi connectivity index (χ0v) is 9.54. The van der Waals surface area contributed by atoms with Gasteiger partial charge in [0.15, 0.2) is 5.69 Å². The Balaban J connectivity index is 2.03. The molecule has 1 aromatic carbocycles. The molecule has 0 saturated carbocycles. The lowest BCUT2D eigenvalue weighted by Gasteiger charge is -2.00. The van der Waals surface area contributed by atoms with Crippen molar-refractivity contribution in [2.24, 2.45) is 0 Å². The van der Waals surface area contributed by atoms with E-state index in [-0.39, 0.29) is 5.91 Å². The number of carbonyl (C=O) groups is 1. The van der Waals surface area contributed by atoms with E-state index in [0.29, 0.717) is 12.1 Å². The summed E-state index contributed by atoms with van der Waals surface area (Å²) >= 11 is 1.43. The fourth-order valence-corrected chi connectivity index (χ4v) is 2.56. The molecular formula is C12H7N3OS. The van der Waals surface area contributed by atoms with Crippen molar-refractivity contribution in [3.05, 3.63) is 34.8 Å². The maximum absolute atomic E-state index is 11.2. The SMILES string of the molecule is N#Cc1csc(-c2ccc3c(c2)CC(=O)N3)n1. The lowest BCUT2D eigenvalue weighted by molar-refractivity contribution is -0.115. The lowest BCUT2D eigenvalue weighted by atomic mass is 10.1. The van der Waals surface area contributed by atoms with Crippen LogP contribution >= 0.6 is 11.3 Å². The number of hydrogen-bond acceptors (Lipinski definition) is 4. The van der Waals surface area contributed by atoms with Gasteiger partial charge in [0.05, 0.1) is 6.42 Å². The molecule has 1 amide bonds. The summed E-state index contributed by atoms with van der Waals surface area (Å²) < 4.78 is 0. The molecule has 4 nitrogen and oxygen atoms in total. The van der Waals surface area contributed by atoms with Crippen LogP contribution in [0.25, 0.3) is 10.6 Å². The van der Waals surface area contributed by atoms with E-state index in [1.165, 1.54) is 11.3 Å². The Morgan fingerprint density at radius 1 is 1.47 bits per heavy atom. The highest BCUT2D eigenvalue weighted by Gasteiger charge is 2.18. The number of hydrogen-bond donors (Lipinski definition) is 1. The second-order valence-electron chi connectivity index (χ2n) is 3.75. The average Bonchev–Trinajstić information content (AvgIpc) is 2.92. The van der Waals surface area contributed by atoms with Crippen molar-refractivity contribution in [3.63, 3.8) is 0 Å². The summed E-state index contributed by atoms with van der Waals surface area (Å²) in [5.74, 6) is 0.0222. The molecule has 0 atom stereocenters. The third-order valence-electron chi connectivity index (χ3n) is 2.60. The second kappa shape index (κ2) is 3.68. The standard InChI is InChI=1S/C12H7N3OS/c13-5-9-6-17-12(14-9)7-1-2-10-8(3-7)4-11(16)15-10/h1-3,6H,4H2,(H,15,16). The maximum atomic E-state index is 11.2. The Hall–Kier alpha value is -2.19. The summed E-state index contributed by atoms with van der Waals surface area (Å²) in [5.41, 5.74) is 3.24. The molecule has 2 aromatic rings. The number of amides is 1. The molecule has 0 bridgehead atoms. The van der Waals surface area contributed by atoms with E-state index in [0.717, 1.165) is 21.8 Å². The Morgan fingerprint density at radius 2 is 2.35 bits per heavy atom. The first kappa shape index (κ1) is 10.00. The third-order valence-corrected chi connectivity index (χ3v) is 3.49. The van der Waals surface area contributed by atoms with Crippen LogP contribution in [-0.4, -0.2) is 10.9 Å². The van der Waals surface area contributed by atoms with Gasteiger partial charge in [-0.05, 0) is 23.8 Å². The second-order valence-corrected chi connectivity index (χ2v) is 4.60. The molecule has 1 aliphatic heterocycles. The molecule has 82 valence electrons. The minimum absolute atomic E-state index is 0.0222. The van der Waals surface area contributed by atoms with Gasteiger partial charge in [0, 0.05) is 16.6 Å². The number of carbonyl (C=O) groups excluding carboxylic acids is 1. The van der Waals surface area contributed by atoms with Crippen molar-refractivity contribution in [1.29, 1.82) is 5.26 Å². The number of thiazole rings is 1. The fourth-order valence-electron chi connectivity index (χ4n) is 1.82. The van der Waals surface area contributed by atoms with Gasteiger partial charge in [0.1, 0.15) is 11.1 Å². The van der Waals surface area contributed by atoms with Gasteiger partial charge in [-0.25, -0.2) is 4.98 Å². The Labute approximate surface area is 102 Å². The Kier molecular flexibility index (Phi) is 2.16. The zero-order valence-electron chi connectivity index (χ0n) is 8.73. The number of nitrogens with zero attached hydrogens (tertiary/aromatic N) is 2. The van der Waals surface area contributed by atoms with Gasteiger partial charge in [-0.2, -0.15) is 5.26 Å². The Bertz CT molecular complexity index is 654. The molecule has 1 N–H and O–H groups in total. The molecular weight excluding hydrogens is 234 g/mol. The predicted molar refractivity (Wildman–Crippen MR) is 64.6 cm³/mol. The highest BCUT2D eigenvalue weighted by Crippen LogP contribution is 2.30. The molecule has 0 fully saturated rings. The van der Waals surface area contributed by atoms with Gasteiger partial charge in [-0.15, -0.1) is 11.3 Å². The largest absolute Gasteiger partial charge is 0.326 e. The molecule has 1 aromatic heterocycles. The topological polar surface area (TPSA) is 65.8 Å². The first-order valence-electron chi connectivity index (χ1n) is 5.05. The summed E-state index contributed by atoms with van der Waals surface area (Å²) in [4.78, 5) is 15.4. The van der Waals surface area contributed by atoms with E-state index >= 15 is 0 Å². The summed E-state index contributed by atoms with van der Waals surface area (Å²) in [6.07, 6.45) is 0.416. The summed E-state index contributed by atoms with van der Waals surface area (Å²) in [7, 11) is 0. The maximum Gasteiger partial charge on any atom is 0.228 e. The normalized spacial score (nSPS) is 13.0. The molecule has 0 unspecified atom stereocenters. The van der Waals surface area contributed by atoms with Gasteiger partial charge in [-0.1, -0.05) is 0 Å². The number of benzene rings is 1.